The fraction of sp³-hybridized carbons (Fsp3) is 0.308. The Labute approximate surface area is 111 Å². The van der Waals surface area contributed by atoms with E-state index in [0.717, 1.165) is 0 Å². The summed E-state index contributed by atoms with van der Waals surface area (Å²) < 4.78 is 15.2. The molecular formula is C13H17FN4O. The van der Waals surface area contributed by atoms with Crippen LogP contribution in [0.2, 0.25) is 0 Å². The molecule has 2 rings (SSSR count). The van der Waals surface area contributed by atoms with Gasteiger partial charge in [0.1, 0.15) is 17.4 Å². The predicted molar refractivity (Wildman–Crippen MR) is 72.1 cm³/mol. The third-order valence-corrected chi connectivity index (χ3v) is 2.92. The SMILES string of the molecule is CN(C)Cc1cc(F)cc(-c2cnn(C)c2N)c1O. The second kappa shape index (κ2) is 4.89. The quantitative estimate of drug-likeness (QED) is 0.883. The molecule has 0 atom stereocenters. The molecule has 0 bridgehead atoms. The Balaban J connectivity index is 2.57. The first-order valence-electron chi connectivity index (χ1n) is 5.84. The van der Waals surface area contributed by atoms with Crippen molar-refractivity contribution < 1.29 is 9.50 Å². The zero-order chi connectivity index (χ0) is 14.2. The number of aromatic hydroxyl groups is 1. The van der Waals surface area contributed by atoms with E-state index < -0.39 is 5.82 Å². The van der Waals surface area contributed by atoms with Crippen LogP contribution < -0.4 is 5.73 Å². The number of halogens is 1. The molecule has 0 aliphatic carbocycles. The molecule has 1 heterocycles. The van der Waals surface area contributed by atoms with Gasteiger partial charge in [-0.25, -0.2) is 4.39 Å². The molecule has 0 fully saturated rings. The molecule has 2 aromatic rings. The maximum atomic E-state index is 13.7. The van der Waals surface area contributed by atoms with Crippen molar-refractivity contribution in [2.24, 2.45) is 7.05 Å². The third kappa shape index (κ3) is 2.53. The largest absolute Gasteiger partial charge is 0.507 e. The fourth-order valence-corrected chi connectivity index (χ4v) is 1.98. The number of rotatable bonds is 3. The lowest BCUT2D eigenvalue weighted by Crippen LogP contribution is -2.11. The van der Waals surface area contributed by atoms with Crippen LogP contribution in [-0.4, -0.2) is 33.9 Å². The van der Waals surface area contributed by atoms with Crippen LogP contribution in [0.5, 0.6) is 5.75 Å². The highest BCUT2D eigenvalue weighted by molar-refractivity contribution is 5.79. The lowest BCUT2D eigenvalue weighted by Gasteiger charge is -2.14. The van der Waals surface area contributed by atoms with Crippen LogP contribution in [0.4, 0.5) is 10.2 Å². The number of nitrogens with two attached hydrogens (primary N) is 1. The minimum Gasteiger partial charge on any atom is -0.507 e. The number of phenols is 1. The normalized spacial score (nSPS) is 11.2. The second-order valence-electron chi connectivity index (χ2n) is 4.77. The van der Waals surface area contributed by atoms with Gasteiger partial charge in [0.05, 0.1) is 6.20 Å². The van der Waals surface area contributed by atoms with Crippen molar-refractivity contribution in [1.29, 1.82) is 0 Å². The molecule has 0 unspecified atom stereocenters. The number of aromatic nitrogens is 2. The second-order valence-corrected chi connectivity index (χ2v) is 4.77. The molecule has 102 valence electrons. The number of benzene rings is 1. The van der Waals surface area contributed by atoms with Gasteiger partial charge in [-0.15, -0.1) is 0 Å². The minimum absolute atomic E-state index is 0.0369. The summed E-state index contributed by atoms with van der Waals surface area (Å²) >= 11 is 0. The van der Waals surface area contributed by atoms with E-state index >= 15 is 0 Å². The van der Waals surface area contributed by atoms with Crippen LogP contribution in [0.25, 0.3) is 11.1 Å². The first-order chi connectivity index (χ1) is 8.90. The topological polar surface area (TPSA) is 67.3 Å². The van der Waals surface area contributed by atoms with Crippen molar-refractivity contribution in [3.8, 4) is 16.9 Å². The number of aryl methyl sites for hydroxylation is 1. The number of hydrogen-bond acceptors (Lipinski definition) is 4. The molecule has 6 heteroatoms. The summed E-state index contributed by atoms with van der Waals surface area (Å²) in [6.45, 7) is 0.441. The summed E-state index contributed by atoms with van der Waals surface area (Å²) in [5, 5.41) is 14.3. The van der Waals surface area contributed by atoms with Gasteiger partial charge in [0.2, 0.25) is 0 Å². The molecule has 19 heavy (non-hydrogen) atoms. The van der Waals surface area contributed by atoms with Crippen molar-refractivity contribution in [2.45, 2.75) is 6.54 Å². The van der Waals surface area contributed by atoms with E-state index in [9.17, 15) is 9.50 Å². The van der Waals surface area contributed by atoms with Crippen molar-refractivity contribution in [3.05, 3.63) is 29.7 Å². The van der Waals surface area contributed by atoms with Gasteiger partial charge in [0.15, 0.2) is 0 Å². The van der Waals surface area contributed by atoms with E-state index in [1.807, 2.05) is 19.0 Å². The van der Waals surface area contributed by atoms with Crippen LogP contribution in [0.15, 0.2) is 18.3 Å². The molecule has 0 amide bonds. The maximum absolute atomic E-state index is 13.7. The van der Waals surface area contributed by atoms with E-state index in [1.54, 1.807) is 7.05 Å². The average Bonchev–Trinajstić information content (AvgIpc) is 2.64. The van der Waals surface area contributed by atoms with Crippen molar-refractivity contribution >= 4 is 5.82 Å². The summed E-state index contributed by atoms with van der Waals surface area (Å²) in [6, 6.07) is 2.59. The highest BCUT2D eigenvalue weighted by Gasteiger charge is 2.16. The van der Waals surface area contributed by atoms with Gasteiger partial charge in [-0.1, -0.05) is 0 Å². The standard InChI is InChI=1S/C13H17FN4O/c1-17(2)7-8-4-9(14)5-10(12(8)19)11-6-16-18(3)13(11)15/h4-6,19H,7,15H2,1-3H3. The summed E-state index contributed by atoms with van der Waals surface area (Å²) in [6.07, 6.45) is 1.52. The highest BCUT2D eigenvalue weighted by Crippen LogP contribution is 2.36. The lowest BCUT2D eigenvalue weighted by atomic mass is 10.0. The molecule has 0 radical (unpaired) electrons. The number of nitrogens with zero attached hydrogens (tertiary/aromatic N) is 3. The molecule has 0 saturated carbocycles. The summed E-state index contributed by atoms with van der Waals surface area (Å²) in [4.78, 5) is 1.85. The van der Waals surface area contributed by atoms with E-state index in [2.05, 4.69) is 5.10 Å². The number of anilines is 1. The van der Waals surface area contributed by atoms with Gasteiger partial charge in [-0.05, 0) is 26.2 Å². The number of nitrogen functional groups attached to an aromatic ring is 1. The molecule has 0 aliphatic rings. The van der Waals surface area contributed by atoms with Gasteiger partial charge >= 0.3 is 0 Å². The molecule has 1 aromatic carbocycles. The Morgan fingerprint density at radius 3 is 2.58 bits per heavy atom. The Bertz CT molecular complexity index is 607. The Morgan fingerprint density at radius 2 is 2.05 bits per heavy atom. The van der Waals surface area contributed by atoms with Crippen molar-refractivity contribution in [3.63, 3.8) is 0 Å². The molecular weight excluding hydrogens is 247 g/mol. The van der Waals surface area contributed by atoms with Gasteiger partial charge in [0, 0.05) is 30.3 Å². The summed E-state index contributed by atoms with van der Waals surface area (Å²) in [5.74, 6) is 0.0133. The van der Waals surface area contributed by atoms with Gasteiger partial charge in [-0.3, -0.25) is 4.68 Å². The van der Waals surface area contributed by atoms with Crippen LogP contribution >= 0.6 is 0 Å². The maximum Gasteiger partial charge on any atom is 0.129 e. The van der Waals surface area contributed by atoms with Crippen LogP contribution in [0, 0.1) is 5.82 Å². The van der Waals surface area contributed by atoms with E-state index in [4.69, 9.17) is 5.73 Å². The number of phenolic OH excluding ortho intramolecular Hbond substituents is 1. The van der Waals surface area contributed by atoms with Crippen molar-refractivity contribution in [1.82, 2.24) is 14.7 Å². The monoisotopic (exact) mass is 264 g/mol. The van der Waals surface area contributed by atoms with E-state index in [1.165, 1.54) is 23.0 Å². The molecule has 5 nitrogen and oxygen atoms in total. The smallest absolute Gasteiger partial charge is 0.129 e. The summed E-state index contributed by atoms with van der Waals surface area (Å²) in [5.41, 5.74) is 7.27. The number of hydrogen-bond donors (Lipinski definition) is 2. The van der Waals surface area contributed by atoms with Crippen molar-refractivity contribution in [2.75, 3.05) is 19.8 Å². The summed E-state index contributed by atoms with van der Waals surface area (Å²) in [7, 11) is 5.39. The van der Waals surface area contributed by atoms with E-state index in [0.29, 0.717) is 29.1 Å². The van der Waals surface area contributed by atoms with Gasteiger partial charge in [-0.2, -0.15) is 5.10 Å². The molecule has 0 saturated heterocycles. The first kappa shape index (κ1) is 13.4. The Morgan fingerprint density at radius 1 is 1.37 bits per heavy atom. The predicted octanol–water partition coefficient (Wildman–Crippen LogP) is 1.58. The van der Waals surface area contributed by atoms with Crippen LogP contribution in [0.1, 0.15) is 5.56 Å². The molecule has 1 aromatic heterocycles. The Kier molecular flexibility index (Phi) is 3.44. The van der Waals surface area contributed by atoms with Crippen LogP contribution in [-0.2, 0) is 13.6 Å². The zero-order valence-electron chi connectivity index (χ0n) is 11.2. The fourth-order valence-electron chi connectivity index (χ4n) is 1.98. The molecule has 0 aliphatic heterocycles. The minimum atomic E-state index is -0.409. The molecule has 3 N–H and O–H groups in total. The van der Waals surface area contributed by atoms with Crippen LogP contribution in [0.3, 0.4) is 0 Å². The molecule has 0 spiro atoms. The highest BCUT2D eigenvalue weighted by atomic mass is 19.1. The zero-order valence-corrected chi connectivity index (χ0v) is 11.2. The lowest BCUT2D eigenvalue weighted by molar-refractivity contribution is 0.385. The van der Waals surface area contributed by atoms with E-state index in [-0.39, 0.29) is 5.75 Å². The van der Waals surface area contributed by atoms with Gasteiger partial charge < -0.3 is 15.7 Å². The first-order valence-corrected chi connectivity index (χ1v) is 5.84. The Hall–Kier alpha value is -2.08. The van der Waals surface area contributed by atoms with Gasteiger partial charge in [0.25, 0.3) is 0 Å². The third-order valence-electron chi connectivity index (χ3n) is 2.92. The average molecular weight is 264 g/mol.